The van der Waals surface area contributed by atoms with Crippen molar-refractivity contribution in [2.45, 2.75) is 9.79 Å². The van der Waals surface area contributed by atoms with Gasteiger partial charge in [-0.2, -0.15) is 0 Å². The minimum Gasteiger partial charge on any atom is -0.0888 e. The molecule has 0 heterocycles. The summed E-state index contributed by atoms with van der Waals surface area (Å²) in [5.41, 5.74) is 5.04. The van der Waals surface area contributed by atoms with Crippen LogP contribution in [0.2, 0.25) is 0 Å². The van der Waals surface area contributed by atoms with Gasteiger partial charge in [-0.05, 0) is 39.6 Å². The Morgan fingerprint density at radius 1 is 0.414 bits per heavy atom. The van der Waals surface area contributed by atoms with Crippen LogP contribution in [0.4, 0.5) is 0 Å². The van der Waals surface area contributed by atoms with Gasteiger partial charge in [-0.25, -0.2) is 0 Å². The van der Waals surface area contributed by atoms with E-state index >= 15 is 0 Å². The van der Waals surface area contributed by atoms with Gasteiger partial charge in [0.25, 0.3) is 0 Å². The number of fused-ring (bicyclic) bond motifs is 1. The van der Waals surface area contributed by atoms with E-state index in [0.29, 0.717) is 0 Å². The Morgan fingerprint density at radius 3 is 1.79 bits per heavy atom. The third-order valence-corrected chi connectivity index (χ3v) is 6.28. The fourth-order valence-corrected chi connectivity index (χ4v) is 4.94. The Hall–Kier alpha value is -3.29. The fourth-order valence-electron chi connectivity index (χ4n) is 3.78. The summed E-state index contributed by atoms with van der Waals surface area (Å²) in [7, 11) is 0. The molecule has 0 saturated carbocycles. The van der Waals surface area contributed by atoms with Gasteiger partial charge in [0.05, 0.1) is 0 Å². The van der Waals surface area contributed by atoms with Crippen molar-refractivity contribution in [3.63, 3.8) is 0 Å². The van der Waals surface area contributed by atoms with E-state index in [-0.39, 0.29) is 0 Å². The van der Waals surface area contributed by atoms with Crippen molar-refractivity contribution in [2.24, 2.45) is 0 Å². The lowest BCUT2D eigenvalue weighted by molar-refractivity contribution is 1.42. The highest BCUT2D eigenvalue weighted by Gasteiger charge is 2.14. The SMILES string of the molecule is c1ccc(-c2cccc(Sc3cccc4ccccc34)c2-c2ccccc2)cc1. The van der Waals surface area contributed by atoms with Crippen molar-refractivity contribution in [1.82, 2.24) is 0 Å². The number of benzene rings is 5. The first kappa shape index (κ1) is 17.8. The summed E-state index contributed by atoms with van der Waals surface area (Å²) < 4.78 is 0. The highest BCUT2D eigenvalue weighted by atomic mass is 32.2. The number of hydrogen-bond donors (Lipinski definition) is 0. The molecule has 5 aromatic rings. The van der Waals surface area contributed by atoms with Crippen molar-refractivity contribution in [1.29, 1.82) is 0 Å². The van der Waals surface area contributed by atoms with E-state index in [0.717, 1.165) is 0 Å². The predicted octanol–water partition coefficient (Wildman–Crippen LogP) is 8.33. The van der Waals surface area contributed by atoms with Gasteiger partial charge in [-0.1, -0.05) is 121 Å². The molecule has 0 fully saturated rings. The van der Waals surface area contributed by atoms with Crippen LogP contribution in [0, 0.1) is 0 Å². The zero-order valence-electron chi connectivity index (χ0n) is 16.0. The molecule has 0 nitrogen and oxygen atoms in total. The van der Waals surface area contributed by atoms with E-state index in [9.17, 15) is 0 Å². The molecule has 0 atom stereocenters. The lowest BCUT2D eigenvalue weighted by Gasteiger charge is -2.16. The highest BCUT2D eigenvalue weighted by Crippen LogP contribution is 2.43. The molecule has 5 aromatic carbocycles. The second-order valence-electron chi connectivity index (χ2n) is 6.99. The number of rotatable bonds is 4. The van der Waals surface area contributed by atoms with Gasteiger partial charge >= 0.3 is 0 Å². The van der Waals surface area contributed by atoms with Gasteiger partial charge in [0, 0.05) is 15.4 Å². The molecular formula is C28H20S. The summed E-state index contributed by atoms with van der Waals surface area (Å²) in [6.07, 6.45) is 0. The minimum atomic E-state index is 1.24. The molecule has 0 spiro atoms. The first-order chi connectivity index (χ1) is 14.4. The molecule has 0 N–H and O–H groups in total. The quantitative estimate of drug-likeness (QED) is 0.298. The molecule has 0 bridgehead atoms. The lowest BCUT2D eigenvalue weighted by atomic mass is 9.94. The molecule has 0 aliphatic heterocycles. The summed E-state index contributed by atoms with van der Waals surface area (Å²) in [6, 6.07) is 43.2. The molecule has 0 saturated heterocycles. The van der Waals surface area contributed by atoms with E-state index in [1.807, 2.05) is 11.8 Å². The van der Waals surface area contributed by atoms with Gasteiger partial charge in [0.1, 0.15) is 0 Å². The average molecular weight is 389 g/mol. The van der Waals surface area contributed by atoms with Crippen molar-refractivity contribution in [3.05, 3.63) is 121 Å². The van der Waals surface area contributed by atoms with Crippen LogP contribution >= 0.6 is 11.8 Å². The van der Waals surface area contributed by atoms with Gasteiger partial charge in [0.15, 0.2) is 0 Å². The monoisotopic (exact) mass is 388 g/mol. The Balaban J connectivity index is 1.71. The Kier molecular flexibility index (Phi) is 4.90. The average Bonchev–Trinajstić information content (AvgIpc) is 2.80. The molecule has 0 aromatic heterocycles. The molecule has 0 aliphatic rings. The largest absolute Gasteiger partial charge is 0.0888 e. The number of hydrogen-bond acceptors (Lipinski definition) is 1. The van der Waals surface area contributed by atoms with Gasteiger partial charge in [0.2, 0.25) is 0 Å². The Morgan fingerprint density at radius 2 is 1.00 bits per heavy atom. The van der Waals surface area contributed by atoms with E-state index in [2.05, 4.69) is 121 Å². The summed E-state index contributed by atoms with van der Waals surface area (Å²) in [6.45, 7) is 0. The van der Waals surface area contributed by atoms with E-state index in [4.69, 9.17) is 0 Å². The van der Waals surface area contributed by atoms with Crippen molar-refractivity contribution >= 4 is 22.5 Å². The van der Waals surface area contributed by atoms with Crippen molar-refractivity contribution < 1.29 is 0 Å². The highest BCUT2D eigenvalue weighted by molar-refractivity contribution is 7.99. The van der Waals surface area contributed by atoms with Crippen molar-refractivity contribution in [2.75, 3.05) is 0 Å². The summed E-state index contributed by atoms with van der Waals surface area (Å²) in [4.78, 5) is 2.55. The molecule has 0 unspecified atom stereocenters. The third-order valence-electron chi connectivity index (χ3n) is 5.14. The maximum Gasteiger partial charge on any atom is 0.0207 e. The standard InChI is InChI=1S/C28H20S/c1-3-11-22(12-4-1)25-18-10-20-27(28(25)23-14-5-2-6-15-23)29-26-19-9-16-21-13-7-8-17-24(21)26/h1-20H. The van der Waals surface area contributed by atoms with Crippen LogP contribution in [0.25, 0.3) is 33.0 Å². The molecule has 29 heavy (non-hydrogen) atoms. The second kappa shape index (κ2) is 7.98. The Labute approximate surface area is 175 Å². The van der Waals surface area contributed by atoms with Gasteiger partial charge in [-0.15, -0.1) is 0 Å². The Bertz CT molecular complexity index is 1250. The smallest absolute Gasteiger partial charge is 0.0207 e. The molecule has 138 valence electrons. The molecular weight excluding hydrogens is 368 g/mol. The normalized spacial score (nSPS) is 10.9. The van der Waals surface area contributed by atoms with Crippen LogP contribution in [-0.4, -0.2) is 0 Å². The first-order valence-electron chi connectivity index (χ1n) is 9.79. The van der Waals surface area contributed by atoms with Crippen LogP contribution in [-0.2, 0) is 0 Å². The zero-order chi connectivity index (χ0) is 19.5. The summed E-state index contributed by atoms with van der Waals surface area (Å²) >= 11 is 1.85. The maximum atomic E-state index is 2.24. The van der Waals surface area contributed by atoms with Gasteiger partial charge < -0.3 is 0 Å². The minimum absolute atomic E-state index is 1.24. The maximum absolute atomic E-state index is 2.24. The molecule has 1 heteroatoms. The molecule has 0 radical (unpaired) electrons. The van der Waals surface area contributed by atoms with E-state index in [1.54, 1.807) is 0 Å². The first-order valence-corrected chi connectivity index (χ1v) is 10.6. The van der Waals surface area contributed by atoms with Crippen LogP contribution < -0.4 is 0 Å². The van der Waals surface area contributed by atoms with Crippen LogP contribution in [0.1, 0.15) is 0 Å². The zero-order valence-corrected chi connectivity index (χ0v) is 16.8. The van der Waals surface area contributed by atoms with Gasteiger partial charge in [-0.3, -0.25) is 0 Å². The van der Waals surface area contributed by atoms with Crippen LogP contribution in [0.15, 0.2) is 131 Å². The van der Waals surface area contributed by atoms with Crippen molar-refractivity contribution in [3.8, 4) is 22.3 Å². The second-order valence-corrected chi connectivity index (χ2v) is 8.07. The van der Waals surface area contributed by atoms with Crippen LogP contribution in [0.5, 0.6) is 0 Å². The van der Waals surface area contributed by atoms with E-state index < -0.39 is 0 Å². The van der Waals surface area contributed by atoms with E-state index in [1.165, 1.54) is 42.8 Å². The van der Waals surface area contributed by atoms with Crippen LogP contribution in [0.3, 0.4) is 0 Å². The topological polar surface area (TPSA) is 0 Å². The molecule has 0 amide bonds. The molecule has 5 rings (SSSR count). The predicted molar refractivity (Wildman–Crippen MR) is 125 cm³/mol. The lowest BCUT2D eigenvalue weighted by Crippen LogP contribution is -1.89. The fraction of sp³-hybridized carbons (Fsp3) is 0. The summed E-state index contributed by atoms with van der Waals surface area (Å²) in [5.74, 6) is 0. The molecule has 0 aliphatic carbocycles. The third kappa shape index (κ3) is 3.57. The summed E-state index contributed by atoms with van der Waals surface area (Å²) in [5, 5.41) is 2.57.